The van der Waals surface area contributed by atoms with Gasteiger partial charge in [0.05, 0.1) is 23.6 Å². The number of aryl methyl sites for hydroxylation is 1. The van der Waals surface area contributed by atoms with Crippen LogP contribution in [0.5, 0.6) is 5.75 Å². The Bertz CT molecular complexity index is 1470. The lowest BCUT2D eigenvalue weighted by molar-refractivity contribution is 0.154. The number of sulfonamides is 1. The summed E-state index contributed by atoms with van der Waals surface area (Å²) in [5, 5.41) is 0. The molecule has 1 aliphatic rings. The summed E-state index contributed by atoms with van der Waals surface area (Å²) in [6.07, 6.45) is 0. The fourth-order valence-electron chi connectivity index (χ4n) is 4.55. The Balaban J connectivity index is 1.72. The van der Waals surface area contributed by atoms with E-state index in [1.807, 2.05) is 24.0 Å². The van der Waals surface area contributed by atoms with Gasteiger partial charge in [-0.3, -0.25) is 18.8 Å². The Labute approximate surface area is 210 Å². The average Bonchev–Trinajstić information content (AvgIpc) is 2.89. The van der Waals surface area contributed by atoms with E-state index in [1.165, 1.54) is 23.0 Å². The first-order valence-corrected chi connectivity index (χ1v) is 13.0. The minimum Gasteiger partial charge on any atom is -0.497 e. The topological polar surface area (TPSA) is 120 Å². The second-order valence-corrected chi connectivity index (χ2v) is 10.9. The van der Waals surface area contributed by atoms with Crippen molar-refractivity contribution < 1.29 is 13.2 Å². The van der Waals surface area contributed by atoms with Crippen LogP contribution in [0.4, 0.5) is 5.82 Å². The van der Waals surface area contributed by atoms with Crippen LogP contribution in [-0.4, -0.2) is 60.0 Å². The van der Waals surface area contributed by atoms with Gasteiger partial charge in [-0.05, 0) is 36.8 Å². The molecule has 0 aliphatic carbocycles. The summed E-state index contributed by atoms with van der Waals surface area (Å²) in [5.41, 5.74) is 7.39. The zero-order valence-corrected chi connectivity index (χ0v) is 21.7. The van der Waals surface area contributed by atoms with Crippen molar-refractivity contribution in [2.24, 2.45) is 14.1 Å². The summed E-state index contributed by atoms with van der Waals surface area (Å²) < 4.78 is 35.4. The highest BCUT2D eigenvalue weighted by Gasteiger charge is 2.35. The summed E-state index contributed by atoms with van der Waals surface area (Å²) in [6, 6.07) is 13.5. The number of hydrogen-bond donors (Lipinski definition) is 1. The first-order chi connectivity index (χ1) is 17.1. The second-order valence-electron chi connectivity index (χ2n) is 8.93. The lowest BCUT2D eigenvalue weighted by Gasteiger charge is -2.39. The molecule has 0 bridgehead atoms. The molecule has 0 unspecified atom stereocenters. The van der Waals surface area contributed by atoms with Crippen LogP contribution in [-0.2, 0) is 24.1 Å². The van der Waals surface area contributed by atoms with Gasteiger partial charge in [0.1, 0.15) is 11.6 Å². The number of methoxy groups -OCH3 is 1. The van der Waals surface area contributed by atoms with Crippen LogP contribution in [0, 0.1) is 6.92 Å². The van der Waals surface area contributed by atoms with E-state index in [4.69, 9.17) is 10.5 Å². The first-order valence-electron chi connectivity index (χ1n) is 11.6. The normalized spacial score (nSPS) is 16.1. The largest absolute Gasteiger partial charge is 0.497 e. The number of nitrogen functional groups attached to an aromatic ring is 1. The Hall–Kier alpha value is -3.41. The second kappa shape index (κ2) is 9.92. The molecule has 10 nitrogen and oxygen atoms in total. The van der Waals surface area contributed by atoms with E-state index in [0.29, 0.717) is 18.8 Å². The monoisotopic (exact) mass is 513 g/mol. The molecule has 2 N–H and O–H groups in total. The summed E-state index contributed by atoms with van der Waals surface area (Å²) in [4.78, 5) is 28.0. The van der Waals surface area contributed by atoms with Gasteiger partial charge < -0.3 is 10.5 Å². The molecule has 2 aromatic carbocycles. The Kier molecular flexibility index (Phi) is 7.07. The molecule has 1 fully saturated rings. The van der Waals surface area contributed by atoms with Crippen molar-refractivity contribution >= 4 is 15.8 Å². The lowest BCUT2D eigenvalue weighted by atomic mass is 9.97. The van der Waals surface area contributed by atoms with Gasteiger partial charge in [0.25, 0.3) is 5.56 Å². The third kappa shape index (κ3) is 4.57. The van der Waals surface area contributed by atoms with Crippen molar-refractivity contribution in [2.75, 3.05) is 39.0 Å². The van der Waals surface area contributed by atoms with Crippen molar-refractivity contribution in [3.8, 4) is 5.75 Å². The number of hydrogen-bond acceptors (Lipinski definition) is 7. The van der Waals surface area contributed by atoms with Gasteiger partial charge in [-0.15, -0.1) is 0 Å². The maximum absolute atomic E-state index is 13.3. The van der Waals surface area contributed by atoms with Crippen molar-refractivity contribution in [2.45, 2.75) is 17.9 Å². The predicted octanol–water partition coefficient (Wildman–Crippen LogP) is 1.08. The summed E-state index contributed by atoms with van der Waals surface area (Å²) in [5.74, 6) is 0.742. The van der Waals surface area contributed by atoms with E-state index < -0.39 is 27.3 Å². The van der Waals surface area contributed by atoms with Gasteiger partial charge in [0.15, 0.2) is 0 Å². The maximum atomic E-state index is 13.3. The standard InChI is InChI=1S/C25H31N5O5S/c1-17-5-11-20(12-6-17)36(33,34)30-15-13-29(14-16-30)22(18-7-9-19(35-4)10-8-18)21-23(26)27(2)25(32)28(3)24(21)31/h5-12,22H,13-16,26H2,1-4H3/t22-/m1/s1. The first kappa shape index (κ1) is 25.7. The molecule has 11 heteroatoms. The van der Waals surface area contributed by atoms with Crippen molar-refractivity contribution in [1.29, 1.82) is 0 Å². The molecule has 4 rings (SSSR count). The van der Waals surface area contributed by atoms with Crippen LogP contribution < -0.4 is 21.7 Å². The van der Waals surface area contributed by atoms with Crippen LogP contribution in [0.1, 0.15) is 22.7 Å². The van der Waals surface area contributed by atoms with E-state index in [-0.39, 0.29) is 29.4 Å². The van der Waals surface area contributed by atoms with Crippen molar-refractivity contribution in [3.05, 3.63) is 86.1 Å². The molecule has 2 heterocycles. The number of piperazine rings is 1. The molecule has 1 saturated heterocycles. The van der Waals surface area contributed by atoms with Crippen molar-refractivity contribution in [3.63, 3.8) is 0 Å². The third-order valence-electron chi connectivity index (χ3n) is 6.75. The highest BCUT2D eigenvalue weighted by atomic mass is 32.2. The van der Waals surface area contributed by atoms with Gasteiger partial charge in [-0.1, -0.05) is 29.8 Å². The summed E-state index contributed by atoms with van der Waals surface area (Å²) >= 11 is 0. The van der Waals surface area contributed by atoms with Crippen molar-refractivity contribution in [1.82, 2.24) is 18.3 Å². The number of nitrogens with two attached hydrogens (primary N) is 1. The zero-order chi connectivity index (χ0) is 26.2. The van der Waals surface area contributed by atoms with E-state index in [1.54, 1.807) is 43.5 Å². The van der Waals surface area contributed by atoms with E-state index >= 15 is 0 Å². The van der Waals surface area contributed by atoms with E-state index in [2.05, 4.69) is 0 Å². The minimum absolute atomic E-state index is 0.0821. The molecule has 1 aliphatic heterocycles. The molecule has 1 atom stereocenters. The van der Waals surface area contributed by atoms with Crippen LogP contribution in [0.3, 0.4) is 0 Å². The molecule has 0 amide bonds. The molecular weight excluding hydrogens is 482 g/mol. The molecule has 1 aromatic heterocycles. The lowest BCUT2D eigenvalue weighted by Crippen LogP contribution is -2.51. The molecule has 0 radical (unpaired) electrons. The van der Waals surface area contributed by atoms with Crippen LogP contribution in [0.15, 0.2) is 63.0 Å². The zero-order valence-electron chi connectivity index (χ0n) is 20.8. The number of anilines is 1. The van der Waals surface area contributed by atoms with Crippen LogP contribution in [0.2, 0.25) is 0 Å². The minimum atomic E-state index is -3.65. The average molecular weight is 514 g/mol. The van der Waals surface area contributed by atoms with E-state index in [9.17, 15) is 18.0 Å². The van der Waals surface area contributed by atoms with Gasteiger partial charge in [0.2, 0.25) is 10.0 Å². The molecule has 36 heavy (non-hydrogen) atoms. The fourth-order valence-corrected chi connectivity index (χ4v) is 5.97. The van der Waals surface area contributed by atoms with Gasteiger partial charge in [-0.2, -0.15) is 4.31 Å². The number of benzene rings is 2. The Morgan fingerprint density at radius 2 is 1.47 bits per heavy atom. The SMILES string of the molecule is COc1ccc([C@H](c2c(N)n(C)c(=O)n(C)c2=O)N2CCN(S(=O)(=O)c3ccc(C)cc3)CC2)cc1. The predicted molar refractivity (Wildman–Crippen MR) is 138 cm³/mol. The van der Waals surface area contributed by atoms with E-state index in [0.717, 1.165) is 15.7 Å². The quantitative estimate of drug-likeness (QED) is 0.524. The number of rotatable bonds is 6. The summed E-state index contributed by atoms with van der Waals surface area (Å²) in [6.45, 7) is 3.13. The van der Waals surface area contributed by atoms with Gasteiger partial charge in [0, 0.05) is 40.3 Å². The fraction of sp³-hybridized carbons (Fsp3) is 0.360. The number of ether oxygens (including phenoxy) is 1. The van der Waals surface area contributed by atoms with Crippen LogP contribution in [0.25, 0.3) is 0 Å². The van der Waals surface area contributed by atoms with Crippen LogP contribution >= 0.6 is 0 Å². The van der Waals surface area contributed by atoms with Gasteiger partial charge >= 0.3 is 5.69 Å². The molecule has 0 saturated carbocycles. The highest BCUT2D eigenvalue weighted by molar-refractivity contribution is 7.89. The third-order valence-corrected chi connectivity index (χ3v) is 8.66. The Morgan fingerprint density at radius 1 is 0.889 bits per heavy atom. The smallest absolute Gasteiger partial charge is 0.332 e. The Morgan fingerprint density at radius 3 is 2.03 bits per heavy atom. The summed E-state index contributed by atoms with van der Waals surface area (Å²) in [7, 11) is 0.870. The molecular formula is C25H31N5O5S. The molecule has 0 spiro atoms. The highest BCUT2D eigenvalue weighted by Crippen LogP contribution is 2.32. The van der Waals surface area contributed by atoms with Gasteiger partial charge in [-0.25, -0.2) is 13.2 Å². The molecule has 192 valence electrons. The number of nitrogens with zero attached hydrogens (tertiary/aromatic N) is 4. The number of aromatic nitrogens is 2. The molecule has 3 aromatic rings. The maximum Gasteiger partial charge on any atom is 0.332 e.